The molecule has 0 saturated carbocycles. The van der Waals surface area contributed by atoms with Crippen LogP contribution in [0.4, 0.5) is 2.51 Å². The molecule has 0 aromatic carbocycles. The van der Waals surface area contributed by atoms with Crippen molar-refractivity contribution in [2.24, 2.45) is 17.8 Å². The predicted molar refractivity (Wildman–Crippen MR) is 65.8 cm³/mol. The minimum absolute atomic E-state index is 0.555. The summed E-state index contributed by atoms with van der Waals surface area (Å²) < 4.78 is 17.6. The topological polar surface area (TPSA) is 0 Å². The number of rotatable bonds is 6. The Labute approximate surface area is 95.3 Å². The van der Waals surface area contributed by atoms with Gasteiger partial charge in [-0.2, -0.15) is 0 Å². The standard InChI is InChI=1S/3C4H9.FH.Pb/c3*1-4(2)3;;/h3*4H,1H2,2-3H3;1H;/q;;;;+1/p-1. The average molecular weight is 398 g/mol. The van der Waals surface area contributed by atoms with E-state index in [1.807, 2.05) is 0 Å². The Bertz CT molecular complexity index is 126. The Morgan fingerprint density at radius 2 is 0.929 bits per heavy atom. The van der Waals surface area contributed by atoms with E-state index in [-0.39, 0.29) is 0 Å². The van der Waals surface area contributed by atoms with Gasteiger partial charge in [0.25, 0.3) is 0 Å². The van der Waals surface area contributed by atoms with Crippen LogP contribution in [0.15, 0.2) is 0 Å². The second-order valence-corrected chi connectivity index (χ2v) is 19.7. The zero-order valence-corrected chi connectivity index (χ0v) is 14.6. The molecule has 0 bridgehead atoms. The van der Waals surface area contributed by atoms with Crippen molar-refractivity contribution in [3.8, 4) is 0 Å². The Hall–Kier alpha value is 0.852. The maximum absolute atomic E-state index is 14.8. The van der Waals surface area contributed by atoms with E-state index in [4.69, 9.17) is 0 Å². The molecule has 0 aliphatic heterocycles. The molecule has 2 heteroatoms. The summed E-state index contributed by atoms with van der Waals surface area (Å²) in [7, 11) is 0. The summed E-state index contributed by atoms with van der Waals surface area (Å²) in [6, 6.07) is 0. The van der Waals surface area contributed by atoms with Crippen LogP contribution in [0.25, 0.3) is 0 Å². The van der Waals surface area contributed by atoms with Crippen LogP contribution in [0.5, 0.6) is 0 Å². The molecule has 86 valence electrons. The minimum atomic E-state index is -3.34. The Morgan fingerprint density at radius 1 is 0.714 bits per heavy atom. The third-order valence-electron chi connectivity index (χ3n) is 2.32. The van der Waals surface area contributed by atoms with Crippen LogP contribution in [-0.4, -0.2) is 21.8 Å². The summed E-state index contributed by atoms with van der Waals surface area (Å²) >= 11 is -3.34. The zero-order valence-electron chi connectivity index (χ0n) is 10.7. The molecule has 0 nitrogen and oxygen atoms in total. The van der Waals surface area contributed by atoms with E-state index >= 15 is 0 Å². The monoisotopic (exact) mass is 398 g/mol. The zero-order chi connectivity index (χ0) is 11.4. The molecule has 14 heavy (non-hydrogen) atoms. The van der Waals surface area contributed by atoms with Crippen molar-refractivity contribution in [2.45, 2.75) is 53.5 Å². The Kier molecular flexibility index (Phi) is 6.83. The van der Waals surface area contributed by atoms with Gasteiger partial charge in [-0.05, 0) is 0 Å². The molecule has 0 rings (SSSR count). The fraction of sp³-hybridized carbons (Fsp3) is 1.00. The quantitative estimate of drug-likeness (QED) is 0.561. The van der Waals surface area contributed by atoms with Crippen LogP contribution in [0.2, 0.25) is 11.9 Å². The second kappa shape index (κ2) is 6.44. The van der Waals surface area contributed by atoms with Crippen molar-refractivity contribution >= 4 is 21.8 Å². The summed E-state index contributed by atoms with van der Waals surface area (Å²) in [4.78, 5) is 0. The van der Waals surface area contributed by atoms with Crippen molar-refractivity contribution in [2.75, 3.05) is 0 Å². The summed E-state index contributed by atoms with van der Waals surface area (Å²) in [5, 5.41) is 0. The number of hydrogen-bond donors (Lipinski definition) is 0. The number of halogens is 1. The van der Waals surface area contributed by atoms with Crippen molar-refractivity contribution in [3.63, 3.8) is 0 Å². The van der Waals surface area contributed by atoms with Gasteiger partial charge in [-0.3, -0.25) is 0 Å². The van der Waals surface area contributed by atoms with Crippen molar-refractivity contribution in [1.82, 2.24) is 0 Å². The first-order valence-electron chi connectivity index (χ1n) is 5.94. The molecule has 0 spiro atoms. The van der Waals surface area contributed by atoms with Gasteiger partial charge in [-0.15, -0.1) is 0 Å². The molecule has 0 radical (unpaired) electrons. The molecule has 0 aromatic heterocycles. The van der Waals surface area contributed by atoms with Gasteiger partial charge in [-0.25, -0.2) is 0 Å². The van der Waals surface area contributed by atoms with Crippen LogP contribution in [0.1, 0.15) is 41.5 Å². The predicted octanol–water partition coefficient (Wildman–Crippen LogP) is 4.87. The van der Waals surface area contributed by atoms with E-state index in [0.29, 0.717) is 17.8 Å². The van der Waals surface area contributed by atoms with E-state index in [0.717, 1.165) is 11.9 Å². The van der Waals surface area contributed by atoms with E-state index in [9.17, 15) is 2.51 Å². The second-order valence-electron chi connectivity index (χ2n) is 5.94. The van der Waals surface area contributed by atoms with Gasteiger partial charge in [0.1, 0.15) is 0 Å². The Morgan fingerprint density at radius 3 is 1.07 bits per heavy atom. The molecule has 0 heterocycles. The van der Waals surface area contributed by atoms with Crippen LogP contribution >= 0.6 is 0 Å². The molecule has 0 fully saturated rings. The summed E-state index contributed by atoms with van der Waals surface area (Å²) in [5.41, 5.74) is 0. The first-order valence-corrected chi connectivity index (χ1v) is 15.7. The van der Waals surface area contributed by atoms with Crippen LogP contribution < -0.4 is 0 Å². The molecule has 0 N–H and O–H groups in total. The van der Waals surface area contributed by atoms with Gasteiger partial charge < -0.3 is 0 Å². The van der Waals surface area contributed by atoms with Gasteiger partial charge in [0.15, 0.2) is 0 Å². The van der Waals surface area contributed by atoms with Crippen molar-refractivity contribution in [1.29, 1.82) is 0 Å². The average Bonchev–Trinajstić information content (AvgIpc) is 1.76. The normalized spacial score (nSPS) is 13.3. The third kappa shape index (κ3) is 7.18. The molecular formula is C12H27FPb. The van der Waals surface area contributed by atoms with Gasteiger partial charge in [0.2, 0.25) is 0 Å². The maximum atomic E-state index is 14.8. The molecular weight excluding hydrogens is 370 g/mol. The molecule has 0 saturated heterocycles. The van der Waals surface area contributed by atoms with Crippen LogP contribution in [0.3, 0.4) is 0 Å². The van der Waals surface area contributed by atoms with E-state index < -0.39 is 21.8 Å². The number of hydrogen-bond acceptors (Lipinski definition) is 0. The summed E-state index contributed by atoms with van der Waals surface area (Å²) in [6.45, 7) is 13.0. The molecule has 0 aliphatic carbocycles. The van der Waals surface area contributed by atoms with E-state index in [1.165, 1.54) is 0 Å². The fourth-order valence-corrected chi connectivity index (χ4v) is 21.5. The van der Waals surface area contributed by atoms with Crippen LogP contribution in [-0.2, 0) is 0 Å². The Balaban J connectivity index is 4.32. The van der Waals surface area contributed by atoms with Crippen molar-refractivity contribution < 1.29 is 2.51 Å². The SMILES string of the molecule is CC(C)[CH2][Pb]([F])([CH2]C(C)C)[CH2]C(C)C. The summed E-state index contributed by atoms with van der Waals surface area (Å²) in [6.07, 6.45) is 0. The van der Waals surface area contributed by atoms with Gasteiger partial charge in [0, 0.05) is 0 Å². The fourth-order valence-electron chi connectivity index (χ4n) is 2.44. The van der Waals surface area contributed by atoms with Gasteiger partial charge in [-0.1, -0.05) is 0 Å². The molecule has 0 amide bonds. The molecule has 0 atom stereocenters. The van der Waals surface area contributed by atoms with Crippen LogP contribution in [0, 0.1) is 17.8 Å². The van der Waals surface area contributed by atoms with Gasteiger partial charge in [0.05, 0.1) is 0 Å². The first kappa shape index (κ1) is 14.9. The summed E-state index contributed by atoms with van der Waals surface area (Å²) in [5.74, 6) is 1.66. The van der Waals surface area contributed by atoms with Crippen molar-refractivity contribution in [3.05, 3.63) is 0 Å². The van der Waals surface area contributed by atoms with Gasteiger partial charge >= 0.3 is 95.5 Å². The molecule has 0 unspecified atom stereocenters. The molecule has 0 aliphatic rings. The molecule has 0 aromatic rings. The van der Waals surface area contributed by atoms with E-state index in [2.05, 4.69) is 41.5 Å². The van der Waals surface area contributed by atoms with E-state index in [1.54, 1.807) is 0 Å². The third-order valence-corrected chi connectivity index (χ3v) is 20.4. The first-order chi connectivity index (χ1) is 6.25.